The van der Waals surface area contributed by atoms with Crippen LogP contribution in [0.3, 0.4) is 0 Å². The van der Waals surface area contributed by atoms with Gasteiger partial charge in [0.05, 0.1) is 16.3 Å². The molecule has 282 valence electrons. The lowest BCUT2D eigenvalue weighted by molar-refractivity contribution is -0.141. The molecule has 0 bridgehead atoms. The summed E-state index contributed by atoms with van der Waals surface area (Å²) in [6.07, 6.45) is 0.414. The monoisotopic (exact) mass is 751 g/mol. The quantitative estimate of drug-likeness (QED) is 0.190. The number of benzene rings is 2. The molecule has 1 heterocycles. The smallest absolute Gasteiger partial charge is 0.435 e. The highest BCUT2D eigenvalue weighted by Crippen LogP contribution is 2.35. The second-order valence-electron chi connectivity index (χ2n) is 13.9. The maximum absolute atomic E-state index is 14.0. The molecular weight excluding hydrogens is 708 g/mol. The van der Waals surface area contributed by atoms with Gasteiger partial charge < -0.3 is 9.47 Å². The molecule has 0 radical (unpaired) electrons. The van der Waals surface area contributed by atoms with Crippen molar-refractivity contribution in [1.29, 1.82) is 0 Å². The van der Waals surface area contributed by atoms with Crippen molar-refractivity contribution in [3.63, 3.8) is 0 Å². The number of aryl methyl sites for hydroxylation is 2. The maximum Gasteiger partial charge on any atom is 0.435 e. The molecule has 1 unspecified atom stereocenters. The summed E-state index contributed by atoms with van der Waals surface area (Å²) >= 11 is 0. The highest BCUT2D eigenvalue weighted by atomic mass is 32.2. The number of allylic oxidation sites excluding steroid dienone is 4. The zero-order valence-corrected chi connectivity index (χ0v) is 31.1. The van der Waals surface area contributed by atoms with Crippen molar-refractivity contribution in [3.8, 4) is 16.9 Å². The van der Waals surface area contributed by atoms with Gasteiger partial charge in [0, 0.05) is 5.56 Å². The second kappa shape index (κ2) is 16.0. The highest BCUT2D eigenvalue weighted by molar-refractivity contribution is 7.90. The van der Waals surface area contributed by atoms with E-state index in [0.29, 0.717) is 48.6 Å². The highest BCUT2D eigenvalue weighted by Gasteiger charge is 2.39. The van der Waals surface area contributed by atoms with Gasteiger partial charge in [0.25, 0.3) is 10.0 Å². The fraction of sp³-hybridized carbons (Fsp3) is 0.375. The van der Waals surface area contributed by atoms with E-state index in [4.69, 9.17) is 9.47 Å². The van der Waals surface area contributed by atoms with E-state index in [1.54, 1.807) is 19.1 Å². The lowest BCUT2D eigenvalue weighted by Gasteiger charge is -2.24. The van der Waals surface area contributed by atoms with Crippen LogP contribution in [0.25, 0.3) is 16.9 Å². The Morgan fingerprint density at radius 3 is 1.85 bits per heavy atom. The minimum atomic E-state index is -4.92. The predicted octanol–water partition coefficient (Wildman–Crippen LogP) is 10.0. The van der Waals surface area contributed by atoms with E-state index in [1.807, 2.05) is 39.0 Å². The molecule has 0 saturated heterocycles. The first kappa shape index (κ1) is 39.3. The van der Waals surface area contributed by atoms with E-state index >= 15 is 0 Å². The molecule has 0 spiro atoms. The second-order valence-corrected chi connectivity index (χ2v) is 15.7. The average molecular weight is 752 g/mol. The van der Waals surface area contributed by atoms with Crippen LogP contribution in [0.15, 0.2) is 101 Å². The Bertz CT molecular complexity index is 2020. The number of amides is 2. The van der Waals surface area contributed by atoms with E-state index in [-0.39, 0.29) is 28.9 Å². The van der Waals surface area contributed by atoms with Crippen molar-refractivity contribution in [2.75, 3.05) is 13.2 Å². The van der Waals surface area contributed by atoms with Crippen molar-refractivity contribution in [1.82, 2.24) is 14.1 Å². The maximum atomic E-state index is 14.0. The molecule has 0 fully saturated rings. The summed E-state index contributed by atoms with van der Waals surface area (Å²) in [6.45, 7) is 15.0. The van der Waals surface area contributed by atoms with Crippen LogP contribution in [0, 0.1) is 25.7 Å². The summed E-state index contributed by atoms with van der Waals surface area (Å²) in [7, 11) is -4.92. The van der Waals surface area contributed by atoms with Crippen molar-refractivity contribution < 1.29 is 40.7 Å². The lowest BCUT2D eigenvalue weighted by atomic mass is 9.86. The Morgan fingerprint density at radius 1 is 0.868 bits per heavy atom. The molecule has 53 heavy (non-hydrogen) atoms. The van der Waals surface area contributed by atoms with Gasteiger partial charge in [-0.1, -0.05) is 58.5 Å². The van der Waals surface area contributed by atoms with Gasteiger partial charge in [-0.3, -0.25) is 0 Å². The Morgan fingerprint density at radius 2 is 1.40 bits per heavy atom. The van der Waals surface area contributed by atoms with Gasteiger partial charge in [-0.2, -0.15) is 18.3 Å². The van der Waals surface area contributed by atoms with Crippen molar-refractivity contribution in [2.24, 2.45) is 11.8 Å². The number of imide groups is 1. The molecule has 2 atom stereocenters. The van der Waals surface area contributed by atoms with Crippen LogP contribution in [-0.4, -0.2) is 47.9 Å². The van der Waals surface area contributed by atoms with Crippen molar-refractivity contribution in [3.05, 3.63) is 113 Å². The molecule has 2 aromatic carbocycles. The van der Waals surface area contributed by atoms with Gasteiger partial charge in [-0.05, 0) is 131 Å². The lowest BCUT2D eigenvalue weighted by Crippen LogP contribution is -2.43. The summed E-state index contributed by atoms with van der Waals surface area (Å²) in [4.78, 5) is 26.5. The SMILES string of the molecule is C=C(C)C1CC=C(COC(=O)N(C(=O)OCC2=CC[C@@H](C(=C)C)CC2)S(=O)(=O)c2ccc(-n3nc(C(F)(F)F)cc3-c3cc(C)ccc3C)cc2)CC1. The van der Waals surface area contributed by atoms with Gasteiger partial charge in [0.2, 0.25) is 0 Å². The topological polar surface area (TPSA) is 108 Å². The van der Waals surface area contributed by atoms with Crippen LogP contribution in [0.4, 0.5) is 22.8 Å². The first-order chi connectivity index (χ1) is 24.9. The van der Waals surface area contributed by atoms with Crippen LogP contribution in [-0.2, 0) is 25.7 Å². The van der Waals surface area contributed by atoms with Crippen LogP contribution >= 0.6 is 0 Å². The fourth-order valence-electron chi connectivity index (χ4n) is 6.42. The third-order valence-corrected chi connectivity index (χ3v) is 11.4. The van der Waals surface area contributed by atoms with E-state index in [2.05, 4.69) is 18.3 Å². The molecule has 5 rings (SSSR count). The van der Waals surface area contributed by atoms with Crippen LogP contribution < -0.4 is 0 Å². The Hall–Kier alpha value is -4.91. The number of sulfonamides is 1. The van der Waals surface area contributed by atoms with Gasteiger partial charge >= 0.3 is 18.4 Å². The van der Waals surface area contributed by atoms with E-state index < -0.39 is 39.0 Å². The number of carbonyl (C=O) groups is 2. The number of aromatic nitrogens is 2. The standard InChI is InChI=1S/C40H44F3N3O6S/c1-25(2)31-13-9-29(10-14-31)23-51-38(47)46(39(48)52-24-30-11-15-32(16-12-30)26(3)4)53(49,50)34-19-17-33(18-20-34)45-36(22-37(44-45)40(41,42)43)35-21-27(5)7-8-28(35)6/h7-9,11,17-22,31-32H,1,3,10,12-16,23-24H2,2,4-6H3/t31-,32?/m1/s1. The molecule has 13 heteroatoms. The molecule has 2 aliphatic carbocycles. The molecule has 2 aliphatic rings. The first-order valence-corrected chi connectivity index (χ1v) is 18.8. The zero-order chi connectivity index (χ0) is 38.7. The van der Waals surface area contributed by atoms with Gasteiger partial charge in [0.1, 0.15) is 13.2 Å². The number of halogens is 3. The average Bonchev–Trinajstić information content (AvgIpc) is 3.57. The molecule has 3 aromatic rings. The molecule has 1 aromatic heterocycles. The Labute approximate surface area is 308 Å². The summed E-state index contributed by atoms with van der Waals surface area (Å²) in [5, 5.41) is 3.81. The number of rotatable bonds is 10. The van der Waals surface area contributed by atoms with Crippen molar-refractivity contribution in [2.45, 2.75) is 77.3 Å². The van der Waals surface area contributed by atoms with Crippen LogP contribution in [0.1, 0.15) is 69.2 Å². The number of carbonyl (C=O) groups excluding carboxylic acids is 2. The molecule has 0 saturated carbocycles. The summed E-state index contributed by atoms with van der Waals surface area (Å²) in [6, 6.07) is 11.0. The minimum absolute atomic E-state index is 0.0423. The van der Waals surface area contributed by atoms with Gasteiger partial charge in [-0.15, -0.1) is 0 Å². The van der Waals surface area contributed by atoms with Gasteiger partial charge in [0.15, 0.2) is 5.69 Å². The zero-order valence-electron chi connectivity index (χ0n) is 30.3. The Kier molecular flexibility index (Phi) is 11.9. The van der Waals surface area contributed by atoms with Gasteiger partial charge in [-0.25, -0.2) is 22.7 Å². The normalized spacial score (nSPS) is 17.7. The number of nitrogens with zero attached hydrogens (tertiary/aromatic N) is 3. The summed E-state index contributed by atoms with van der Waals surface area (Å²) < 4.78 is 81.4. The van der Waals surface area contributed by atoms with E-state index in [1.165, 1.54) is 12.1 Å². The van der Waals surface area contributed by atoms with E-state index in [9.17, 15) is 31.2 Å². The molecule has 0 N–H and O–H groups in total. The molecular formula is C40H44F3N3O6S. The molecule has 9 nitrogen and oxygen atoms in total. The predicted molar refractivity (Wildman–Crippen MR) is 196 cm³/mol. The number of hydrogen-bond donors (Lipinski definition) is 0. The summed E-state index contributed by atoms with van der Waals surface area (Å²) in [5.41, 5.74) is 4.80. The van der Waals surface area contributed by atoms with Crippen molar-refractivity contribution >= 4 is 22.2 Å². The molecule has 2 amide bonds. The minimum Gasteiger partial charge on any atom is -0.444 e. The largest absolute Gasteiger partial charge is 0.444 e. The van der Waals surface area contributed by atoms with Crippen LogP contribution in [0.5, 0.6) is 0 Å². The fourth-order valence-corrected chi connectivity index (χ4v) is 7.60. The first-order valence-electron chi connectivity index (χ1n) is 17.4. The summed E-state index contributed by atoms with van der Waals surface area (Å²) in [5.74, 6) is 0.588. The van der Waals surface area contributed by atoms with Crippen LogP contribution in [0.2, 0.25) is 0 Å². The third kappa shape index (κ3) is 9.19. The Balaban J connectivity index is 1.44. The van der Waals surface area contributed by atoms with E-state index in [0.717, 1.165) is 63.6 Å². The third-order valence-electron chi connectivity index (χ3n) is 9.79. The number of hydrogen-bond acceptors (Lipinski definition) is 7. The number of ether oxygens (including phenoxy) is 2. The number of alkyl halides is 3. The molecule has 0 aliphatic heterocycles.